The van der Waals surface area contributed by atoms with E-state index in [0.29, 0.717) is 6.54 Å². The summed E-state index contributed by atoms with van der Waals surface area (Å²) in [4.78, 5) is 17.9. The van der Waals surface area contributed by atoms with Crippen molar-refractivity contribution in [2.24, 2.45) is 0 Å². The molecule has 29 heavy (non-hydrogen) atoms. The summed E-state index contributed by atoms with van der Waals surface area (Å²) >= 11 is 0. The van der Waals surface area contributed by atoms with E-state index in [1.807, 2.05) is 0 Å². The van der Waals surface area contributed by atoms with Gasteiger partial charge in [-0.25, -0.2) is 18.1 Å². The molecule has 1 amide bonds. The maximum absolute atomic E-state index is 13.1. The zero-order valence-corrected chi connectivity index (χ0v) is 17.0. The van der Waals surface area contributed by atoms with Crippen LogP contribution in [0.25, 0.3) is 5.69 Å². The summed E-state index contributed by atoms with van der Waals surface area (Å²) in [6.45, 7) is 3.64. The van der Waals surface area contributed by atoms with E-state index in [4.69, 9.17) is 0 Å². The smallest absolute Gasteiger partial charge is 0.323 e. The van der Waals surface area contributed by atoms with E-state index >= 15 is 0 Å². The van der Waals surface area contributed by atoms with Crippen molar-refractivity contribution in [1.29, 1.82) is 0 Å². The molecule has 8 nitrogen and oxygen atoms in total. The van der Waals surface area contributed by atoms with Crippen molar-refractivity contribution in [3.05, 3.63) is 36.4 Å². The Morgan fingerprint density at radius 3 is 2.55 bits per heavy atom. The molecular weight excluding hydrogens is 411 g/mol. The summed E-state index contributed by atoms with van der Waals surface area (Å²) in [6.07, 6.45) is -0.968. The normalized spacial score (nSPS) is 13.5. The van der Waals surface area contributed by atoms with Crippen LogP contribution in [0.15, 0.2) is 30.9 Å². The van der Waals surface area contributed by atoms with Crippen molar-refractivity contribution in [1.82, 2.24) is 19.7 Å². The van der Waals surface area contributed by atoms with E-state index in [0.717, 1.165) is 18.4 Å². The number of carbonyl (C=O) groups excluding carboxylic acids is 1. The van der Waals surface area contributed by atoms with Gasteiger partial charge in [0.05, 0.1) is 29.2 Å². The first-order valence-corrected chi connectivity index (χ1v) is 10.7. The van der Waals surface area contributed by atoms with Crippen LogP contribution in [-0.4, -0.2) is 65.1 Å². The first-order valence-electron chi connectivity index (χ1n) is 8.68. The Morgan fingerprint density at radius 2 is 2.03 bits per heavy atom. The Labute approximate surface area is 166 Å². The topological polar surface area (TPSA) is 97.2 Å². The SMILES string of the molecule is CCN(CC(=O)Nc1cc(C(F)(F)F)ccc1-n1cncn1)C(C)CS(C)(=O)=O. The van der Waals surface area contributed by atoms with Crippen LogP contribution in [0.2, 0.25) is 0 Å². The average molecular weight is 433 g/mol. The monoisotopic (exact) mass is 433 g/mol. The minimum absolute atomic E-state index is 0.0813. The molecule has 0 radical (unpaired) electrons. The highest BCUT2D eigenvalue weighted by Gasteiger charge is 2.31. The first kappa shape index (κ1) is 22.8. The van der Waals surface area contributed by atoms with Gasteiger partial charge in [0.25, 0.3) is 0 Å². The van der Waals surface area contributed by atoms with E-state index < -0.39 is 33.5 Å². The molecule has 0 bridgehead atoms. The fourth-order valence-electron chi connectivity index (χ4n) is 2.84. The number of hydrogen-bond donors (Lipinski definition) is 1. The molecule has 160 valence electrons. The molecule has 12 heteroatoms. The summed E-state index contributed by atoms with van der Waals surface area (Å²) < 4.78 is 63.5. The lowest BCUT2D eigenvalue weighted by molar-refractivity contribution is -0.137. The summed E-state index contributed by atoms with van der Waals surface area (Å²) in [5.74, 6) is -0.713. The molecule has 1 unspecified atom stereocenters. The number of rotatable bonds is 8. The molecule has 2 rings (SSSR count). The quantitative estimate of drug-likeness (QED) is 0.684. The van der Waals surface area contributed by atoms with Gasteiger partial charge < -0.3 is 5.32 Å². The van der Waals surface area contributed by atoms with E-state index in [1.165, 1.54) is 23.4 Å². The number of benzene rings is 1. The third-order valence-corrected chi connectivity index (χ3v) is 5.27. The van der Waals surface area contributed by atoms with Crippen molar-refractivity contribution in [2.45, 2.75) is 26.1 Å². The number of likely N-dealkylation sites (N-methyl/N-ethyl adjacent to an activating group) is 1. The average Bonchev–Trinajstić information content (AvgIpc) is 3.11. The Balaban J connectivity index is 2.25. The standard InChI is InChI=1S/C17H22F3N5O3S/c1-4-24(12(2)9-29(3,27)28)8-16(26)23-14-7-13(17(18,19)20)5-6-15(14)25-11-21-10-22-25/h5-7,10-12H,4,8-9H2,1-3H3,(H,23,26). The molecule has 1 heterocycles. The molecule has 0 saturated carbocycles. The summed E-state index contributed by atoms with van der Waals surface area (Å²) in [5.41, 5.74) is -0.785. The second kappa shape index (κ2) is 8.91. The van der Waals surface area contributed by atoms with Gasteiger partial charge in [0.1, 0.15) is 22.5 Å². The molecule has 0 aliphatic heterocycles. The molecule has 1 atom stereocenters. The van der Waals surface area contributed by atoms with Crippen LogP contribution in [-0.2, 0) is 20.8 Å². The predicted octanol–water partition coefficient (Wildman–Crippen LogP) is 1.98. The van der Waals surface area contributed by atoms with E-state index in [-0.39, 0.29) is 23.7 Å². The van der Waals surface area contributed by atoms with Gasteiger partial charge in [-0.1, -0.05) is 6.92 Å². The number of halogens is 3. The van der Waals surface area contributed by atoms with Gasteiger partial charge in [-0.3, -0.25) is 9.69 Å². The van der Waals surface area contributed by atoms with E-state index in [1.54, 1.807) is 18.7 Å². The fraction of sp³-hybridized carbons (Fsp3) is 0.471. The number of anilines is 1. The zero-order valence-electron chi connectivity index (χ0n) is 16.1. The van der Waals surface area contributed by atoms with Crippen LogP contribution in [0.3, 0.4) is 0 Å². The summed E-state index contributed by atoms with van der Waals surface area (Å²) in [5, 5.41) is 6.36. The third-order valence-electron chi connectivity index (χ3n) is 4.18. The number of carbonyl (C=O) groups is 1. The second-order valence-electron chi connectivity index (χ2n) is 6.62. The van der Waals surface area contributed by atoms with Gasteiger partial charge in [-0.05, 0) is 31.7 Å². The minimum Gasteiger partial charge on any atom is -0.323 e. The maximum Gasteiger partial charge on any atom is 0.416 e. The molecule has 0 spiro atoms. The molecular formula is C17H22F3N5O3S. The molecule has 0 aliphatic carbocycles. The van der Waals surface area contributed by atoms with Crippen LogP contribution < -0.4 is 5.32 Å². The van der Waals surface area contributed by atoms with Crippen LogP contribution in [0.5, 0.6) is 0 Å². The van der Waals surface area contributed by atoms with Crippen LogP contribution >= 0.6 is 0 Å². The van der Waals surface area contributed by atoms with Gasteiger partial charge in [0.2, 0.25) is 5.91 Å². The molecule has 1 aromatic carbocycles. The molecule has 1 N–H and O–H groups in total. The summed E-state index contributed by atoms with van der Waals surface area (Å²) in [6, 6.07) is 2.47. The van der Waals surface area contributed by atoms with Gasteiger partial charge >= 0.3 is 6.18 Å². The molecule has 0 aliphatic rings. The Kier molecular flexibility index (Phi) is 7.01. The summed E-state index contributed by atoms with van der Waals surface area (Å²) in [7, 11) is -3.25. The van der Waals surface area contributed by atoms with Crippen LogP contribution in [0.1, 0.15) is 19.4 Å². The van der Waals surface area contributed by atoms with Gasteiger partial charge in [-0.2, -0.15) is 18.3 Å². The lowest BCUT2D eigenvalue weighted by Gasteiger charge is -2.26. The predicted molar refractivity (Wildman–Crippen MR) is 101 cm³/mol. The number of aromatic nitrogens is 3. The highest BCUT2D eigenvalue weighted by Crippen LogP contribution is 2.33. The lowest BCUT2D eigenvalue weighted by Crippen LogP contribution is -2.42. The van der Waals surface area contributed by atoms with Crippen molar-refractivity contribution < 1.29 is 26.4 Å². The van der Waals surface area contributed by atoms with Gasteiger partial charge in [0, 0.05) is 12.3 Å². The molecule has 0 fully saturated rings. The van der Waals surface area contributed by atoms with E-state index in [9.17, 15) is 26.4 Å². The van der Waals surface area contributed by atoms with Crippen molar-refractivity contribution >= 4 is 21.4 Å². The van der Waals surface area contributed by atoms with Crippen molar-refractivity contribution in [2.75, 3.05) is 30.4 Å². The third kappa shape index (κ3) is 6.53. The van der Waals surface area contributed by atoms with Crippen molar-refractivity contribution in [3.63, 3.8) is 0 Å². The number of sulfone groups is 1. The Morgan fingerprint density at radius 1 is 1.34 bits per heavy atom. The maximum atomic E-state index is 13.1. The van der Waals surface area contributed by atoms with Crippen LogP contribution in [0.4, 0.5) is 18.9 Å². The van der Waals surface area contributed by atoms with Gasteiger partial charge in [-0.15, -0.1) is 0 Å². The number of amides is 1. The fourth-order valence-corrected chi connectivity index (χ4v) is 3.93. The Hall–Kier alpha value is -2.47. The van der Waals surface area contributed by atoms with Crippen molar-refractivity contribution in [3.8, 4) is 5.69 Å². The number of hydrogen-bond acceptors (Lipinski definition) is 6. The van der Waals surface area contributed by atoms with Gasteiger partial charge in [0.15, 0.2) is 0 Å². The zero-order chi connectivity index (χ0) is 21.8. The molecule has 2 aromatic rings. The highest BCUT2D eigenvalue weighted by molar-refractivity contribution is 7.90. The molecule has 0 saturated heterocycles. The number of alkyl halides is 3. The molecule has 1 aromatic heterocycles. The largest absolute Gasteiger partial charge is 0.416 e. The van der Waals surface area contributed by atoms with Crippen LogP contribution in [0, 0.1) is 0 Å². The second-order valence-corrected chi connectivity index (χ2v) is 8.81. The lowest BCUT2D eigenvalue weighted by atomic mass is 10.1. The first-order chi connectivity index (χ1) is 13.4. The number of nitrogens with one attached hydrogen (secondary N) is 1. The number of nitrogens with zero attached hydrogens (tertiary/aromatic N) is 4. The van der Waals surface area contributed by atoms with E-state index in [2.05, 4.69) is 15.4 Å². The highest BCUT2D eigenvalue weighted by atomic mass is 32.2. The minimum atomic E-state index is -4.58. The Bertz CT molecular complexity index is 946.